The summed E-state index contributed by atoms with van der Waals surface area (Å²) in [6.45, 7) is 18.2. The molecule has 0 aliphatic rings. The first-order valence-corrected chi connectivity index (χ1v) is 20.4. The number of aliphatic carboxylic acids is 3. The quantitative estimate of drug-likeness (QED) is 0.220. The monoisotopic (exact) mass is 562 g/mol. The van der Waals surface area contributed by atoms with Crippen LogP contribution in [0.4, 0.5) is 0 Å². The van der Waals surface area contributed by atoms with Gasteiger partial charge in [0.2, 0.25) is 0 Å². The van der Waals surface area contributed by atoms with Crippen LogP contribution in [0.25, 0.3) is 0 Å². The summed E-state index contributed by atoms with van der Waals surface area (Å²) in [5.74, 6) is -2.81. The van der Waals surface area contributed by atoms with Crippen molar-refractivity contribution in [3.05, 3.63) is 36.5 Å². The Kier molecular flexibility index (Phi) is 26.5. The van der Waals surface area contributed by atoms with Crippen molar-refractivity contribution in [1.82, 2.24) is 0 Å². The molecule has 0 saturated heterocycles. The molecule has 0 radical (unpaired) electrons. The second kappa shape index (κ2) is 21.7. The van der Waals surface area contributed by atoms with Crippen LogP contribution in [0.3, 0.4) is 0 Å². The van der Waals surface area contributed by atoms with Crippen LogP contribution in [0.1, 0.15) is 60.3 Å². The molecule has 0 aromatic heterocycles. The number of unbranched alkanes of at least 4 members (excludes halogenated alkanes) is 2. The van der Waals surface area contributed by atoms with Gasteiger partial charge in [-0.15, -0.1) is 0 Å². The van der Waals surface area contributed by atoms with E-state index in [0.29, 0.717) is 0 Å². The average molecular weight is 562 g/mol. The summed E-state index contributed by atoms with van der Waals surface area (Å²) >= 11 is -2.49. The second-order valence-corrected chi connectivity index (χ2v) is 25.1. The first-order valence-electron chi connectivity index (χ1n) is 9.09. The minimum atomic E-state index is -2.49. The van der Waals surface area contributed by atoms with E-state index in [2.05, 4.69) is 33.6 Å². The molecule has 0 aromatic carbocycles. The average Bonchev–Trinajstić information content (AvgIpc) is 2.59. The number of hydrogen-bond donors (Lipinski definition) is 3. The zero-order chi connectivity index (χ0) is 24.2. The molecule has 0 heterocycles. The van der Waals surface area contributed by atoms with Gasteiger partial charge in [0.1, 0.15) is 0 Å². The number of carboxylic acid groups (broad SMARTS) is 3. The molecule has 170 valence electrons. The van der Waals surface area contributed by atoms with Crippen molar-refractivity contribution in [1.29, 1.82) is 0 Å². The Balaban J connectivity index is -0.000000151. The van der Waals surface area contributed by atoms with Crippen LogP contribution in [-0.4, -0.2) is 49.4 Å². The Morgan fingerprint density at radius 1 is 0.690 bits per heavy atom. The van der Waals surface area contributed by atoms with Crippen LogP contribution in [-0.2, 0) is 14.4 Å². The summed E-state index contributed by atoms with van der Waals surface area (Å²) in [6.07, 6.45) is 4.91. The number of halogens is 2. The summed E-state index contributed by atoms with van der Waals surface area (Å²) < 4.78 is 2.29. The number of rotatable bonds is 9. The zero-order valence-corrected chi connectivity index (χ0v) is 22.6. The van der Waals surface area contributed by atoms with E-state index in [1.165, 1.54) is 46.5 Å². The van der Waals surface area contributed by atoms with Crippen LogP contribution in [0.5, 0.6) is 0 Å². The Hall–Kier alpha value is -0.991. The summed E-state index contributed by atoms with van der Waals surface area (Å²) in [7, 11) is 12.5. The molecule has 0 bridgehead atoms. The van der Waals surface area contributed by atoms with Crippen molar-refractivity contribution in [2.24, 2.45) is 0 Å². The molecule has 0 unspecified atom stereocenters. The molecular formula is C20H36Cl2O6Sn. The van der Waals surface area contributed by atoms with Crippen LogP contribution in [0.2, 0.25) is 8.87 Å². The normalized spacial score (nSPS) is 9.21. The van der Waals surface area contributed by atoms with Crippen molar-refractivity contribution < 1.29 is 29.7 Å². The molecule has 0 atom stereocenters. The van der Waals surface area contributed by atoms with Gasteiger partial charge in [-0.1, -0.05) is 19.7 Å². The van der Waals surface area contributed by atoms with Crippen molar-refractivity contribution in [3.63, 3.8) is 0 Å². The van der Waals surface area contributed by atoms with Crippen LogP contribution >= 0.6 is 17.8 Å². The molecule has 3 N–H and O–H groups in total. The Morgan fingerprint density at radius 3 is 0.966 bits per heavy atom. The van der Waals surface area contributed by atoms with E-state index < -0.39 is 34.0 Å². The van der Waals surface area contributed by atoms with Crippen molar-refractivity contribution in [2.75, 3.05) is 0 Å². The third-order valence-electron chi connectivity index (χ3n) is 2.89. The van der Waals surface area contributed by atoms with Gasteiger partial charge in [-0.3, -0.25) is 0 Å². The van der Waals surface area contributed by atoms with Gasteiger partial charge in [0.15, 0.2) is 0 Å². The maximum absolute atomic E-state index is 9.60. The van der Waals surface area contributed by atoms with Crippen LogP contribution < -0.4 is 0 Å². The fourth-order valence-corrected chi connectivity index (χ4v) is 10.3. The zero-order valence-electron chi connectivity index (χ0n) is 18.2. The molecule has 0 rings (SSSR count). The summed E-state index contributed by atoms with van der Waals surface area (Å²) in [5, 5.41) is 23.7. The van der Waals surface area contributed by atoms with E-state index in [0.717, 1.165) is 8.87 Å². The maximum atomic E-state index is 9.60. The molecule has 0 spiro atoms. The SMILES string of the molecule is C=C(C)C(=O)O.C=C(C)C(=O)O.C=C(C)C(=O)O.CCC[CH2][Sn]([Cl])([Cl])[CH2]CCC. The van der Waals surface area contributed by atoms with Crippen molar-refractivity contribution in [2.45, 2.75) is 69.2 Å². The fraction of sp³-hybridized carbons (Fsp3) is 0.550. The number of carboxylic acids is 3. The first-order chi connectivity index (χ1) is 13.0. The van der Waals surface area contributed by atoms with Crippen LogP contribution in [0, 0.1) is 0 Å². The van der Waals surface area contributed by atoms with Gasteiger partial charge in [0.05, 0.1) is 0 Å². The van der Waals surface area contributed by atoms with Crippen molar-refractivity contribution in [3.8, 4) is 0 Å². The summed E-state index contributed by atoms with van der Waals surface area (Å²) in [5.41, 5.74) is 0.528. The van der Waals surface area contributed by atoms with Crippen LogP contribution in [0.15, 0.2) is 36.5 Å². The van der Waals surface area contributed by atoms with E-state index in [1.54, 1.807) is 0 Å². The summed E-state index contributed by atoms with van der Waals surface area (Å²) in [4.78, 5) is 28.8. The van der Waals surface area contributed by atoms with Gasteiger partial charge in [-0.05, 0) is 20.8 Å². The molecule has 0 fully saturated rings. The third kappa shape index (κ3) is 38.3. The van der Waals surface area contributed by atoms with Crippen molar-refractivity contribution >= 4 is 51.9 Å². The van der Waals surface area contributed by atoms with E-state index in [9.17, 15) is 14.4 Å². The molecular weight excluding hydrogens is 526 g/mol. The van der Waals surface area contributed by atoms with E-state index >= 15 is 0 Å². The Bertz CT molecular complexity index is 442. The van der Waals surface area contributed by atoms with E-state index in [1.807, 2.05) is 0 Å². The Labute approximate surface area is 186 Å². The molecule has 29 heavy (non-hydrogen) atoms. The Morgan fingerprint density at radius 2 is 0.862 bits per heavy atom. The molecule has 0 aliphatic carbocycles. The number of carbonyl (C=O) groups is 3. The van der Waals surface area contributed by atoms with Gasteiger partial charge >= 0.3 is 100 Å². The molecule has 0 aliphatic heterocycles. The van der Waals surface area contributed by atoms with Gasteiger partial charge < -0.3 is 15.3 Å². The molecule has 0 amide bonds. The van der Waals surface area contributed by atoms with Gasteiger partial charge in [-0.2, -0.15) is 0 Å². The summed E-state index contributed by atoms with van der Waals surface area (Å²) in [6, 6.07) is 0. The minimum absolute atomic E-state index is 0.176. The predicted octanol–water partition coefficient (Wildman–Crippen LogP) is 6.45. The topological polar surface area (TPSA) is 112 Å². The van der Waals surface area contributed by atoms with Gasteiger partial charge in [0.25, 0.3) is 0 Å². The number of hydrogen-bond acceptors (Lipinski definition) is 3. The molecule has 0 saturated carbocycles. The first kappa shape index (κ1) is 35.4. The molecule has 6 nitrogen and oxygen atoms in total. The standard InChI is InChI=1S/3C4H6O2.2C4H9.2ClH.Sn/c3*1-3(2)4(5)6;2*1-3-4-2;;;/h3*1H2,2H3,(H,5,6);2*1,3-4H2,2H3;2*1H;/q;;;;;;;+2/p-2. The molecule has 0 aromatic rings. The van der Waals surface area contributed by atoms with E-state index in [-0.39, 0.29) is 16.7 Å². The third-order valence-corrected chi connectivity index (χ3v) is 14.2. The predicted molar refractivity (Wildman–Crippen MR) is 124 cm³/mol. The van der Waals surface area contributed by atoms with E-state index in [4.69, 9.17) is 33.2 Å². The second-order valence-electron chi connectivity index (χ2n) is 6.32. The van der Waals surface area contributed by atoms with Gasteiger partial charge in [-0.25, -0.2) is 14.4 Å². The molecule has 9 heteroatoms. The fourth-order valence-electron chi connectivity index (χ4n) is 0.996. The van der Waals surface area contributed by atoms with Gasteiger partial charge in [0, 0.05) is 16.7 Å².